The van der Waals surface area contributed by atoms with E-state index in [1.54, 1.807) is 0 Å². The third-order valence-electron chi connectivity index (χ3n) is 2.50. The summed E-state index contributed by atoms with van der Waals surface area (Å²) in [5.41, 5.74) is 0. The smallest absolute Gasteiger partial charge is 0.329 e. The maximum absolute atomic E-state index is 12.2. The standard InChI is InChI=1S/C12H24F3O2PS/c1-3-5-7-8-10-18(19,16-9-6-4-2)17-11-12(13,14)15/h3-11H2,1-2H3. The van der Waals surface area contributed by atoms with Crippen LogP contribution >= 0.6 is 6.49 Å². The molecule has 19 heavy (non-hydrogen) atoms. The van der Waals surface area contributed by atoms with Gasteiger partial charge >= 0.3 is 6.18 Å². The Bertz CT molecular complexity index is 272. The second kappa shape index (κ2) is 10.1. The van der Waals surface area contributed by atoms with Gasteiger partial charge in [0.2, 0.25) is 0 Å². The topological polar surface area (TPSA) is 18.5 Å². The van der Waals surface area contributed by atoms with E-state index in [2.05, 4.69) is 6.92 Å². The predicted molar refractivity (Wildman–Crippen MR) is 76.2 cm³/mol. The first-order valence-corrected chi connectivity index (χ1v) is 9.60. The highest BCUT2D eigenvalue weighted by molar-refractivity contribution is 8.09. The molecule has 0 radical (unpaired) electrons. The molecular formula is C12H24F3O2PS. The van der Waals surface area contributed by atoms with Crippen molar-refractivity contribution in [3.8, 4) is 0 Å². The van der Waals surface area contributed by atoms with Crippen LogP contribution in [0.1, 0.15) is 52.4 Å². The summed E-state index contributed by atoms with van der Waals surface area (Å²) in [5.74, 6) is 0. The summed E-state index contributed by atoms with van der Waals surface area (Å²) >= 11 is 5.20. The van der Waals surface area contributed by atoms with Gasteiger partial charge in [-0.3, -0.25) is 0 Å². The van der Waals surface area contributed by atoms with E-state index in [1.807, 2.05) is 6.92 Å². The highest BCUT2D eigenvalue weighted by atomic mass is 32.5. The Morgan fingerprint density at radius 3 is 2.11 bits per heavy atom. The van der Waals surface area contributed by atoms with Gasteiger partial charge in [0.15, 0.2) is 6.49 Å². The average molecular weight is 320 g/mol. The minimum Gasteiger partial charge on any atom is -0.329 e. The van der Waals surface area contributed by atoms with Crippen molar-refractivity contribution in [1.29, 1.82) is 0 Å². The van der Waals surface area contributed by atoms with Crippen LogP contribution in [0.15, 0.2) is 0 Å². The molecule has 7 heteroatoms. The van der Waals surface area contributed by atoms with Gasteiger partial charge in [0.05, 0.1) is 6.61 Å². The van der Waals surface area contributed by atoms with Crippen LogP contribution in [-0.2, 0) is 20.9 Å². The van der Waals surface area contributed by atoms with E-state index in [1.165, 1.54) is 0 Å². The molecule has 0 rings (SSSR count). The van der Waals surface area contributed by atoms with Gasteiger partial charge in [-0.1, -0.05) is 39.5 Å². The molecule has 0 amide bonds. The number of alkyl halides is 3. The van der Waals surface area contributed by atoms with Crippen molar-refractivity contribution in [2.75, 3.05) is 19.4 Å². The lowest BCUT2D eigenvalue weighted by molar-refractivity contribution is -0.153. The van der Waals surface area contributed by atoms with Crippen molar-refractivity contribution >= 4 is 18.3 Å². The second-order valence-electron chi connectivity index (χ2n) is 4.47. The summed E-state index contributed by atoms with van der Waals surface area (Å²) in [7, 11) is 0. The van der Waals surface area contributed by atoms with Gasteiger partial charge in [0, 0.05) is 6.16 Å². The summed E-state index contributed by atoms with van der Waals surface area (Å²) in [6.45, 7) is 0.383. The molecule has 0 aromatic heterocycles. The molecular weight excluding hydrogens is 296 g/mol. The molecule has 0 aromatic carbocycles. The van der Waals surface area contributed by atoms with Crippen LogP contribution < -0.4 is 0 Å². The SMILES string of the molecule is CCCCCCP(=S)(OCCCC)OCC(F)(F)F. The molecule has 1 atom stereocenters. The van der Waals surface area contributed by atoms with Crippen LogP contribution in [0.2, 0.25) is 0 Å². The van der Waals surface area contributed by atoms with E-state index in [9.17, 15) is 13.2 Å². The van der Waals surface area contributed by atoms with Crippen molar-refractivity contribution in [1.82, 2.24) is 0 Å². The Morgan fingerprint density at radius 2 is 1.58 bits per heavy atom. The normalized spacial score (nSPS) is 15.4. The Labute approximate surface area is 119 Å². The van der Waals surface area contributed by atoms with E-state index < -0.39 is 19.3 Å². The van der Waals surface area contributed by atoms with Crippen LogP contribution in [0, 0.1) is 0 Å². The van der Waals surface area contributed by atoms with Crippen LogP contribution in [-0.4, -0.2) is 25.6 Å². The van der Waals surface area contributed by atoms with E-state index in [-0.39, 0.29) is 0 Å². The largest absolute Gasteiger partial charge is 0.412 e. The minimum absolute atomic E-state index is 0.388. The molecule has 0 aliphatic carbocycles. The van der Waals surface area contributed by atoms with Crippen molar-refractivity contribution in [2.45, 2.75) is 58.5 Å². The number of halogens is 3. The lowest BCUT2D eigenvalue weighted by atomic mass is 10.2. The number of unbranched alkanes of at least 4 members (excludes halogenated alkanes) is 4. The van der Waals surface area contributed by atoms with Crippen molar-refractivity contribution in [2.24, 2.45) is 0 Å². The molecule has 0 N–H and O–H groups in total. The molecule has 0 spiro atoms. The minimum atomic E-state index is -4.35. The molecule has 1 unspecified atom stereocenters. The fourth-order valence-corrected chi connectivity index (χ4v) is 3.88. The van der Waals surface area contributed by atoms with Crippen LogP contribution in [0.3, 0.4) is 0 Å². The maximum atomic E-state index is 12.2. The van der Waals surface area contributed by atoms with Gasteiger partial charge in [-0.2, -0.15) is 13.2 Å². The Hall–Kier alpha value is 0.360. The number of hydrogen-bond donors (Lipinski definition) is 0. The fourth-order valence-electron chi connectivity index (χ4n) is 1.42. The molecule has 0 saturated heterocycles. The zero-order chi connectivity index (χ0) is 14.8. The fraction of sp³-hybridized carbons (Fsp3) is 1.00. The average Bonchev–Trinajstić information content (AvgIpc) is 2.32. The summed E-state index contributed by atoms with van der Waals surface area (Å²) < 4.78 is 47.0. The molecule has 0 aliphatic heterocycles. The predicted octanol–water partition coefficient (Wildman–Crippen LogP) is 5.27. The first-order valence-electron chi connectivity index (χ1n) is 6.78. The molecule has 0 aliphatic rings. The first-order chi connectivity index (χ1) is 8.83. The summed E-state index contributed by atoms with van der Waals surface area (Å²) in [5, 5.41) is 0. The summed E-state index contributed by atoms with van der Waals surface area (Å²) in [6, 6.07) is 0. The number of hydrogen-bond acceptors (Lipinski definition) is 3. The van der Waals surface area contributed by atoms with Gasteiger partial charge in [0.25, 0.3) is 0 Å². The Kier molecular flexibility index (Phi) is 10.3. The molecule has 0 fully saturated rings. The third-order valence-corrected chi connectivity index (χ3v) is 5.64. The van der Waals surface area contributed by atoms with Crippen molar-refractivity contribution in [3.63, 3.8) is 0 Å². The first kappa shape index (κ1) is 19.4. The third kappa shape index (κ3) is 11.9. The second-order valence-corrected chi connectivity index (χ2v) is 8.33. The van der Waals surface area contributed by atoms with Gasteiger partial charge in [-0.05, 0) is 24.6 Å². The lowest BCUT2D eigenvalue weighted by Gasteiger charge is -2.23. The molecule has 116 valence electrons. The molecule has 0 aromatic rings. The van der Waals surface area contributed by atoms with Gasteiger partial charge in [-0.25, -0.2) is 0 Å². The van der Waals surface area contributed by atoms with Crippen molar-refractivity contribution < 1.29 is 22.2 Å². The molecule has 0 heterocycles. The van der Waals surface area contributed by atoms with E-state index in [0.717, 1.165) is 38.5 Å². The summed E-state index contributed by atoms with van der Waals surface area (Å²) in [4.78, 5) is 0. The zero-order valence-electron chi connectivity index (χ0n) is 11.7. The van der Waals surface area contributed by atoms with Crippen LogP contribution in [0.5, 0.6) is 0 Å². The van der Waals surface area contributed by atoms with E-state index >= 15 is 0 Å². The maximum Gasteiger partial charge on any atom is 0.412 e. The molecule has 0 bridgehead atoms. The van der Waals surface area contributed by atoms with Crippen molar-refractivity contribution in [3.05, 3.63) is 0 Å². The van der Waals surface area contributed by atoms with Gasteiger partial charge in [0.1, 0.15) is 6.61 Å². The Morgan fingerprint density at radius 1 is 0.947 bits per heavy atom. The lowest BCUT2D eigenvalue weighted by Crippen LogP contribution is -2.17. The van der Waals surface area contributed by atoms with Gasteiger partial charge in [-0.15, -0.1) is 0 Å². The monoisotopic (exact) mass is 320 g/mol. The van der Waals surface area contributed by atoms with Crippen LogP contribution in [0.25, 0.3) is 0 Å². The number of rotatable bonds is 11. The highest BCUT2D eigenvalue weighted by Gasteiger charge is 2.31. The van der Waals surface area contributed by atoms with Gasteiger partial charge < -0.3 is 9.05 Å². The zero-order valence-corrected chi connectivity index (χ0v) is 13.4. The quantitative estimate of drug-likeness (QED) is 0.381. The molecule has 2 nitrogen and oxygen atoms in total. The van der Waals surface area contributed by atoms with Crippen LogP contribution in [0.4, 0.5) is 13.2 Å². The molecule has 0 saturated carbocycles. The van der Waals surface area contributed by atoms with E-state index in [0.29, 0.717) is 12.8 Å². The summed E-state index contributed by atoms with van der Waals surface area (Å²) in [6.07, 6.45) is 1.67. The Balaban J connectivity index is 4.23. The van der Waals surface area contributed by atoms with E-state index in [4.69, 9.17) is 20.9 Å². The highest BCUT2D eigenvalue weighted by Crippen LogP contribution is 2.50.